The largest absolute Gasteiger partial charge is 0.465 e. The van der Waals surface area contributed by atoms with E-state index in [1.54, 1.807) is 6.08 Å². The van der Waals surface area contributed by atoms with Crippen LogP contribution in [0.3, 0.4) is 0 Å². The molecule has 6 nitrogen and oxygen atoms in total. The molecule has 2 amide bonds. The van der Waals surface area contributed by atoms with Crippen molar-refractivity contribution in [2.75, 3.05) is 17.7 Å². The number of fused-ring (bicyclic) bond motifs is 1. The van der Waals surface area contributed by atoms with Crippen molar-refractivity contribution < 1.29 is 19.1 Å². The van der Waals surface area contributed by atoms with Crippen molar-refractivity contribution in [3.8, 4) is 0 Å². The first-order valence-corrected chi connectivity index (χ1v) is 17.1. The van der Waals surface area contributed by atoms with E-state index in [0.29, 0.717) is 22.2 Å². The van der Waals surface area contributed by atoms with Crippen molar-refractivity contribution in [2.24, 2.45) is 0 Å². The maximum absolute atomic E-state index is 14.1. The van der Waals surface area contributed by atoms with Gasteiger partial charge < -0.3 is 15.4 Å². The fraction of sp³-hybridized carbons (Fsp3) is 0.154. The molecule has 1 aliphatic rings. The number of anilines is 2. The van der Waals surface area contributed by atoms with Crippen LogP contribution in [-0.4, -0.2) is 24.9 Å². The first kappa shape index (κ1) is 32.0. The number of hydrogen-bond donors (Lipinski definition) is 2. The Kier molecular flexibility index (Phi) is 10.3. The minimum absolute atomic E-state index is 0.246. The summed E-state index contributed by atoms with van der Waals surface area (Å²) in [5.41, 5.74) is 5.08. The van der Waals surface area contributed by atoms with Crippen molar-refractivity contribution in [1.82, 2.24) is 0 Å². The summed E-state index contributed by atoms with van der Waals surface area (Å²) >= 11 is 2.85. The maximum Gasteiger partial charge on any atom is 0.341 e. The summed E-state index contributed by atoms with van der Waals surface area (Å²) in [6, 6.07) is 37.0. The average molecular weight is 659 g/mol. The highest BCUT2D eigenvalue weighted by atomic mass is 32.2. The zero-order valence-electron chi connectivity index (χ0n) is 25.8. The number of benzene rings is 4. The Balaban J connectivity index is 1.23. The van der Waals surface area contributed by atoms with Crippen LogP contribution in [0.2, 0.25) is 0 Å². The molecule has 6 rings (SSSR count). The Morgan fingerprint density at radius 1 is 0.872 bits per heavy atom. The average Bonchev–Trinajstić information content (AvgIpc) is 3.47. The highest BCUT2D eigenvalue weighted by molar-refractivity contribution is 8.00. The highest BCUT2D eigenvalue weighted by Crippen LogP contribution is 2.44. The van der Waals surface area contributed by atoms with Crippen LogP contribution in [0.25, 0.3) is 6.08 Å². The van der Waals surface area contributed by atoms with E-state index in [9.17, 15) is 14.4 Å². The van der Waals surface area contributed by atoms with Gasteiger partial charge in [-0.1, -0.05) is 97.1 Å². The molecule has 4 aromatic carbocycles. The van der Waals surface area contributed by atoms with Gasteiger partial charge in [0.1, 0.15) is 10.3 Å². The Bertz CT molecular complexity index is 1890. The molecule has 2 unspecified atom stereocenters. The summed E-state index contributed by atoms with van der Waals surface area (Å²) < 4.78 is 5.19. The van der Waals surface area contributed by atoms with E-state index >= 15 is 0 Å². The molecule has 0 spiro atoms. The Hall–Kier alpha value is -4.92. The molecule has 0 radical (unpaired) electrons. The molecule has 1 aliphatic carbocycles. The lowest BCUT2D eigenvalue weighted by Crippen LogP contribution is -2.20. The number of thiophene rings is 1. The number of carbonyl (C=O) groups is 3. The number of ether oxygens (including phenoxy) is 1. The Morgan fingerprint density at radius 3 is 2.30 bits per heavy atom. The summed E-state index contributed by atoms with van der Waals surface area (Å²) in [4.78, 5) is 41.7. The van der Waals surface area contributed by atoms with Gasteiger partial charge in [-0.15, -0.1) is 23.1 Å². The summed E-state index contributed by atoms with van der Waals surface area (Å²) in [6.45, 7) is 0. The van der Waals surface area contributed by atoms with E-state index in [0.717, 1.165) is 45.7 Å². The van der Waals surface area contributed by atoms with Crippen LogP contribution in [0.4, 0.5) is 10.7 Å². The molecule has 1 heterocycles. The molecule has 2 atom stereocenters. The number of amides is 2. The SMILES string of the molecule is COC(=O)c1c(NC(=O)C(Sc2cccc(NC(=O)/C=C/c3ccccc3)c2)c2ccccc2)sc2c1CCC(c1ccccc1)C2. The second kappa shape index (κ2) is 15.1. The first-order valence-electron chi connectivity index (χ1n) is 15.4. The molecule has 0 fully saturated rings. The lowest BCUT2D eigenvalue weighted by atomic mass is 9.83. The fourth-order valence-corrected chi connectivity index (χ4v) is 8.19. The number of hydrogen-bond acceptors (Lipinski definition) is 6. The van der Waals surface area contributed by atoms with E-state index in [1.807, 2.05) is 91.0 Å². The zero-order chi connectivity index (χ0) is 32.6. The normalized spacial score (nSPS) is 14.6. The van der Waals surface area contributed by atoms with Gasteiger partial charge in [0.05, 0.1) is 12.7 Å². The van der Waals surface area contributed by atoms with Crippen molar-refractivity contribution in [2.45, 2.75) is 35.3 Å². The fourth-order valence-electron chi connectivity index (χ4n) is 5.78. The summed E-state index contributed by atoms with van der Waals surface area (Å²) in [6.07, 6.45) is 5.72. The standard InChI is InChI=1S/C39H34N2O4S2/c1-45-39(44)35-32-22-21-29(27-14-7-3-8-15-27)24-33(32)47-38(35)41-37(43)36(28-16-9-4-10-17-28)46-31-19-11-18-30(25-31)40-34(42)23-20-26-12-5-2-6-13-26/h2-20,23,25,29,36H,21-22,24H2,1H3,(H,40,42)(H,41,43)/b23-20+. The van der Waals surface area contributed by atoms with Gasteiger partial charge in [-0.3, -0.25) is 9.59 Å². The van der Waals surface area contributed by atoms with E-state index in [1.165, 1.54) is 41.8 Å². The summed E-state index contributed by atoms with van der Waals surface area (Å²) in [5, 5.41) is 5.93. The van der Waals surface area contributed by atoms with Crippen LogP contribution in [0.5, 0.6) is 0 Å². The minimum Gasteiger partial charge on any atom is -0.465 e. The number of esters is 1. The van der Waals surface area contributed by atoms with Gasteiger partial charge in [-0.2, -0.15) is 0 Å². The van der Waals surface area contributed by atoms with Crippen LogP contribution < -0.4 is 10.6 Å². The molecule has 8 heteroatoms. The third-order valence-corrected chi connectivity index (χ3v) is 10.5. The van der Waals surface area contributed by atoms with Gasteiger partial charge in [0.15, 0.2) is 0 Å². The molecule has 236 valence electrons. The van der Waals surface area contributed by atoms with Gasteiger partial charge in [-0.05, 0) is 71.7 Å². The van der Waals surface area contributed by atoms with Gasteiger partial charge in [0.25, 0.3) is 0 Å². The van der Waals surface area contributed by atoms with Crippen molar-refractivity contribution in [1.29, 1.82) is 0 Å². The first-order chi connectivity index (χ1) is 23.0. The second-order valence-electron chi connectivity index (χ2n) is 11.2. The topological polar surface area (TPSA) is 84.5 Å². The molecule has 0 aliphatic heterocycles. The van der Waals surface area contributed by atoms with Crippen LogP contribution in [0, 0.1) is 0 Å². The van der Waals surface area contributed by atoms with E-state index in [4.69, 9.17) is 4.74 Å². The van der Waals surface area contributed by atoms with Gasteiger partial charge >= 0.3 is 5.97 Å². The minimum atomic E-state index is -0.623. The molecule has 5 aromatic rings. The Labute approximate surface area is 282 Å². The van der Waals surface area contributed by atoms with Crippen LogP contribution in [-0.2, 0) is 27.2 Å². The van der Waals surface area contributed by atoms with Crippen molar-refractivity contribution >= 4 is 57.6 Å². The molecule has 2 N–H and O–H groups in total. The number of rotatable bonds is 10. The predicted molar refractivity (Wildman–Crippen MR) is 191 cm³/mol. The number of methoxy groups -OCH3 is 1. The molecule has 0 saturated heterocycles. The van der Waals surface area contributed by atoms with Gasteiger partial charge in [-0.25, -0.2) is 4.79 Å². The van der Waals surface area contributed by atoms with E-state index < -0.39 is 11.2 Å². The monoisotopic (exact) mass is 658 g/mol. The van der Waals surface area contributed by atoms with E-state index in [2.05, 4.69) is 34.9 Å². The van der Waals surface area contributed by atoms with Crippen LogP contribution in [0.15, 0.2) is 126 Å². The van der Waals surface area contributed by atoms with Crippen LogP contribution >= 0.6 is 23.1 Å². The lowest BCUT2D eigenvalue weighted by molar-refractivity contribution is -0.116. The zero-order valence-corrected chi connectivity index (χ0v) is 27.5. The summed E-state index contributed by atoms with van der Waals surface area (Å²) in [7, 11) is 1.37. The van der Waals surface area contributed by atoms with Crippen molar-refractivity contribution in [3.63, 3.8) is 0 Å². The lowest BCUT2D eigenvalue weighted by Gasteiger charge is -2.22. The maximum atomic E-state index is 14.1. The van der Waals surface area contributed by atoms with Gasteiger partial charge in [0, 0.05) is 21.5 Å². The molecule has 47 heavy (non-hydrogen) atoms. The second-order valence-corrected chi connectivity index (χ2v) is 13.5. The molecule has 0 bridgehead atoms. The molecule has 0 saturated carbocycles. The predicted octanol–water partition coefficient (Wildman–Crippen LogP) is 8.93. The smallest absolute Gasteiger partial charge is 0.341 e. The van der Waals surface area contributed by atoms with Crippen LogP contribution in [0.1, 0.15) is 55.1 Å². The number of thioether (sulfide) groups is 1. The molecular formula is C39H34N2O4S2. The highest BCUT2D eigenvalue weighted by Gasteiger charge is 2.32. The van der Waals surface area contributed by atoms with Gasteiger partial charge in [0.2, 0.25) is 11.8 Å². The molecular weight excluding hydrogens is 625 g/mol. The third-order valence-electron chi connectivity index (χ3n) is 8.09. The molecule has 1 aromatic heterocycles. The Morgan fingerprint density at radius 2 is 1.57 bits per heavy atom. The quantitative estimate of drug-likeness (QED) is 0.0890. The number of carbonyl (C=O) groups excluding carboxylic acids is 3. The van der Waals surface area contributed by atoms with E-state index in [-0.39, 0.29) is 11.8 Å². The third kappa shape index (κ3) is 7.91. The van der Waals surface area contributed by atoms with Crippen molar-refractivity contribution in [3.05, 3.63) is 154 Å². The number of nitrogens with one attached hydrogen (secondary N) is 2. The summed E-state index contributed by atoms with van der Waals surface area (Å²) in [5.74, 6) is -0.583.